The number of allylic oxidation sites excluding steroid dienone is 2. The molecule has 2 aliphatic carbocycles. The number of benzene rings is 2. The summed E-state index contributed by atoms with van der Waals surface area (Å²) in [6.07, 6.45) is 6.71. The fourth-order valence-corrected chi connectivity index (χ4v) is 5.53. The maximum Gasteiger partial charge on any atom is 0.255 e. The van der Waals surface area contributed by atoms with E-state index in [1.807, 2.05) is 18.2 Å². The monoisotopic (exact) mass is 414 g/mol. The number of fused-ring (bicyclic) bond motifs is 5. The zero-order valence-electron chi connectivity index (χ0n) is 17.8. The average Bonchev–Trinajstić information content (AvgIpc) is 3.47. The molecule has 0 aromatic heterocycles. The Morgan fingerprint density at radius 2 is 1.52 bits per heavy atom. The lowest BCUT2D eigenvalue weighted by atomic mass is 9.85. The standard InChI is InChI=1S/C26H26N2O3/c1-3-15-7-5-8-16(4-2)23(15)27-24(29)19-9-6-10-20(14-19)28-25(30)21-17-11-12-18(13-17)22(21)26(28)31/h5-12,14,17-18,21-22H,3-4,13H2,1-2H3,(H,27,29)/t17-,18-,21-,22-/m0/s1. The highest BCUT2D eigenvalue weighted by Crippen LogP contribution is 2.53. The van der Waals surface area contributed by atoms with Gasteiger partial charge in [-0.1, -0.05) is 50.3 Å². The van der Waals surface area contributed by atoms with Crippen LogP contribution in [0.2, 0.25) is 0 Å². The Morgan fingerprint density at radius 1 is 0.935 bits per heavy atom. The molecule has 5 nitrogen and oxygen atoms in total. The fourth-order valence-electron chi connectivity index (χ4n) is 5.53. The molecule has 1 aliphatic heterocycles. The highest BCUT2D eigenvalue weighted by Gasteiger charge is 2.59. The summed E-state index contributed by atoms with van der Waals surface area (Å²) in [6, 6.07) is 12.9. The molecule has 2 bridgehead atoms. The van der Waals surface area contributed by atoms with E-state index in [2.05, 4.69) is 31.3 Å². The van der Waals surface area contributed by atoms with Crippen molar-refractivity contribution in [3.05, 3.63) is 71.3 Å². The summed E-state index contributed by atoms with van der Waals surface area (Å²) in [4.78, 5) is 40.6. The van der Waals surface area contributed by atoms with E-state index in [9.17, 15) is 14.4 Å². The minimum Gasteiger partial charge on any atom is -0.321 e. The van der Waals surface area contributed by atoms with Crippen LogP contribution in [-0.2, 0) is 22.4 Å². The first-order chi connectivity index (χ1) is 15.0. The second-order valence-electron chi connectivity index (χ2n) is 8.67. The largest absolute Gasteiger partial charge is 0.321 e. The van der Waals surface area contributed by atoms with E-state index >= 15 is 0 Å². The van der Waals surface area contributed by atoms with Gasteiger partial charge in [-0.05, 0) is 60.4 Å². The van der Waals surface area contributed by atoms with Crippen LogP contribution in [-0.4, -0.2) is 17.7 Å². The van der Waals surface area contributed by atoms with Crippen molar-refractivity contribution < 1.29 is 14.4 Å². The highest BCUT2D eigenvalue weighted by atomic mass is 16.2. The van der Waals surface area contributed by atoms with Crippen molar-refractivity contribution in [3.8, 4) is 0 Å². The van der Waals surface area contributed by atoms with Crippen molar-refractivity contribution >= 4 is 29.1 Å². The van der Waals surface area contributed by atoms with Crippen LogP contribution in [0.1, 0.15) is 41.8 Å². The number of hydrogen-bond acceptors (Lipinski definition) is 3. The number of hydrogen-bond donors (Lipinski definition) is 1. The molecule has 31 heavy (non-hydrogen) atoms. The SMILES string of the molecule is CCc1cccc(CC)c1NC(=O)c1cccc(N2C(=O)[C@@H]3[C@@H](C2=O)[C@H]2C=C[C@H]3C2)c1. The molecule has 1 heterocycles. The highest BCUT2D eigenvalue weighted by molar-refractivity contribution is 6.23. The number of anilines is 2. The molecule has 4 atom stereocenters. The molecular weight excluding hydrogens is 388 g/mol. The lowest BCUT2D eigenvalue weighted by Gasteiger charge is -2.18. The minimum atomic E-state index is -0.247. The van der Waals surface area contributed by atoms with Gasteiger partial charge in [-0.15, -0.1) is 0 Å². The van der Waals surface area contributed by atoms with Crippen molar-refractivity contribution in [3.63, 3.8) is 0 Å². The summed E-state index contributed by atoms with van der Waals surface area (Å²) >= 11 is 0. The number of para-hydroxylation sites is 1. The van der Waals surface area contributed by atoms with Gasteiger partial charge in [0.05, 0.1) is 17.5 Å². The van der Waals surface area contributed by atoms with Gasteiger partial charge in [0.15, 0.2) is 0 Å². The zero-order chi connectivity index (χ0) is 21.7. The van der Waals surface area contributed by atoms with Crippen molar-refractivity contribution in [2.75, 3.05) is 10.2 Å². The van der Waals surface area contributed by atoms with E-state index in [4.69, 9.17) is 0 Å². The van der Waals surface area contributed by atoms with Crippen LogP contribution in [0.5, 0.6) is 0 Å². The van der Waals surface area contributed by atoms with Crippen molar-refractivity contribution in [1.82, 2.24) is 0 Å². The molecule has 1 N–H and O–H groups in total. The molecule has 0 spiro atoms. The molecule has 1 saturated carbocycles. The summed E-state index contributed by atoms with van der Waals surface area (Å²) in [7, 11) is 0. The Bertz CT molecular complexity index is 1070. The summed E-state index contributed by atoms with van der Waals surface area (Å²) in [5.41, 5.74) is 3.95. The molecule has 0 radical (unpaired) electrons. The first-order valence-electron chi connectivity index (χ1n) is 11.1. The summed E-state index contributed by atoms with van der Waals surface area (Å²) in [5, 5.41) is 3.06. The van der Waals surface area contributed by atoms with Gasteiger partial charge in [0, 0.05) is 11.3 Å². The van der Waals surface area contributed by atoms with Crippen LogP contribution in [0.25, 0.3) is 0 Å². The Morgan fingerprint density at radius 3 is 2.10 bits per heavy atom. The normalized spacial score (nSPS) is 25.9. The molecule has 0 unspecified atom stereocenters. The predicted octanol–water partition coefficient (Wildman–Crippen LogP) is 4.38. The number of carbonyl (C=O) groups is 3. The van der Waals surface area contributed by atoms with Crippen molar-refractivity contribution in [2.45, 2.75) is 33.1 Å². The number of carbonyl (C=O) groups excluding carboxylic acids is 3. The van der Waals surface area contributed by atoms with Crippen molar-refractivity contribution in [1.29, 1.82) is 0 Å². The minimum absolute atomic E-state index is 0.131. The lowest BCUT2D eigenvalue weighted by molar-refractivity contribution is -0.123. The van der Waals surface area contributed by atoms with Gasteiger partial charge in [0.25, 0.3) is 5.91 Å². The average molecular weight is 415 g/mol. The van der Waals surface area contributed by atoms with Crippen LogP contribution in [0.4, 0.5) is 11.4 Å². The fraction of sp³-hybridized carbons (Fsp3) is 0.346. The number of aryl methyl sites for hydroxylation is 2. The van der Waals surface area contributed by atoms with Gasteiger partial charge >= 0.3 is 0 Å². The third-order valence-electron chi connectivity index (χ3n) is 7.07. The third-order valence-corrected chi connectivity index (χ3v) is 7.07. The van der Waals surface area contributed by atoms with Crippen LogP contribution in [0.15, 0.2) is 54.6 Å². The Balaban J connectivity index is 1.42. The first-order valence-corrected chi connectivity index (χ1v) is 11.1. The van der Waals surface area contributed by atoms with Gasteiger partial charge in [-0.2, -0.15) is 0 Å². The topological polar surface area (TPSA) is 66.5 Å². The number of imide groups is 1. The molecule has 1 saturated heterocycles. The van der Waals surface area contributed by atoms with Gasteiger partial charge < -0.3 is 5.32 Å². The smallest absolute Gasteiger partial charge is 0.255 e. The summed E-state index contributed by atoms with van der Waals surface area (Å²) in [5.74, 6) is -0.657. The summed E-state index contributed by atoms with van der Waals surface area (Å²) < 4.78 is 0. The van der Waals surface area contributed by atoms with Gasteiger partial charge in [0.1, 0.15) is 0 Å². The molecule has 158 valence electrons. The third kappa shape index (κ3) is 3.02. The van der Waals surface area contributed by atoms with E-state index in [0.29, 0.717) is 11.3 Å². The van der Waals surface area contributed by atoms with Gasteiger partial charge in [0.2, 0.25) is 11.8 Å². The van der Waals surface area contributed by atoms with E-state index in [-0.39, 0.29) is 41.4 Å². The van der Waals surface area contributed by atoms with E-state index in [1.165, 1.54) is 4.90 Å². The Labute approximate surface area is 182 Å². The molecule has 2 aromatic rings. The van der Waals surface area contributed by atoms with Crippen LogP contribution >= 0.6 is 0 Å². The molecule has 2 aromatic carbocycles. The van der Waals surface area contributed by atoms with E-state index < -0.39 is 0 Å². The number of rotatable bonds is 5. The second-order valence-corrected chi connectivity index (χ2v) is 8.67. The maximum absolute atomic E-state index is 13.1. The molecule has 3 aliphatic rings. The van der Waals surface area contributed by atoms with Crippen LogP contribution in [0, 0.1) is 23.7 Å². The number of nitrogens with one attached hydrogen (secondary N) is 1. The Hall–Kier alpha value is -3.21. The van der Waals surface area contributed by atoms with Crippen LogP contribution < -0.4 is 10.2 Å². The lowest BCUT2D eigenvalue weighted by Crippen LogP contribution is -2.33. The zero-order valence-corrected chi connectivity index (χ0v) is 17.8. The van der Waals surface area contributed by atoms with Crippen molar-refractivity contribution in [2.24, 2.45) is 23.7 Å². The number of amides is 3. The maximum atomic E-state index is 13.1. The summed E-state index contributed by atoms with van der Waals surface area (Å²) in [6.45, 7) is 4.13. The molecule has 3 amide bonds. The van der Waals surface area contributed by atoms with Crippen LogP contribution in [0.3, 0.4) is 0 Å². The Kier molecular flexibility index (Phi) is 4.77. The number of nitrogens with zero attached hydrogens (tertiary/aromatic N) is 1. The molecule has 5 rings (SSSR count). The van der Waals surface area contributed by atoms with E-state index in [1.54, 1.807) is 24.3 Å². The molecule has 2 fully saturated rings. The molecule has 5 heteroatoms. The second kappa shape index (κ2) is 7.49. The quantitative estimate of drug-likeness (QED) is 0.583. The predicted molar refractivity (Wildman–Crippen MR) is 120 cm³/mol. The van der Waals surface area contributed by atoms with E-state index in [0.717, 1.165) is 36.1 Å². The van der Waals surface area contributed by atoms with Gasteiger partial charge in [-0.25, -0.2) is 4.90 Å². The van der Waals surface area contributed by atoms with Gasteiger partial charge in [-0.3, -0.25) is 14.4 Å². The molecular formula is C26H26N2O3. The first kappa shape index (κ1) is 19.7.